The number of esters is 1. The number of nitrogens with one attached hydrogen (secondary N) is 7. The summed E-state index contributed by atoms with van der Waals surface area (Å²) in [7, 11) is 0. The molecule has 110 heavy (non-hydrogen) atoms. The van der Waals surface area contributed by atoms with Gasteiger partial charge in [0.1, 0.15) is 78.0 Å². The number of amides is 8. The fourth-order valence-corrected chi connectivity index (χ4v) is 13.1. The lowest BCUT2D eigenvalue weighted by Crippen LogP contribution is -2.62. The van der Waals surface area contributed by atoms with Gasteiger partial charge in [0.2, 0.25) is 35.4 Å². The molecule has 1 aliphatic rings. The third kappa shape index (κ3) is 24.8. The van der Waals surface area contributed by atoms with Gasteiger partial charge in [-0.25, -0.2) is 19.4 Å². The second-order valence-corrected chi connectivity index (χ2v) is 30.0. The lowest BCUT2D eigenvalue weighted by Gasteiger charge is -2.37. The number of benzene rings is 6. The molecule has 0 aliphatic carbocycles. The first-order valence-electron chi connectivity index (χ1n) is 37.7. The van der Waals surface area contributed by atoms with Crippen molar-refractivity contribution in [3.63, 3.8) is 0 Å². The van der Waals surface area contributed by atoms with Crippen molar-refractivity contribution in [3.05, 3.63) is 228 Å². The highest BCUT2D eigenvalue weighted by Gasteiger charge is 2.43. The third-order valence-electron chi connectivity index (χ3n) is 18.8. The lowest BCUT2D eigenvalue weighted by atomic mass is 9.77. The zero-order chi connectivity index (χ0) is 79.5. The maximum Gasteiger partial charge on any atom is 0.408 e. The van der Waals surface area contributed by atoms with Gasteiger partial charge in [0, 0.05) is 38.5 Å². The monoisotopic (exact) mass is 1510 g/mol. The minimum atomic E-state index is -1.49. The molecule has 8 N–H and O–H groups in total. The largest absolute Gasteiger partial charge is 0.488 e. The Morgan fingerprint density at radius 2 is 1.06 bits per heavy atom. The number of carbonyl (C=O) groups is 10. The molecule has 0 saturated carbocycles. The number of rotatable bonds is 37. The molecule has 1 fully saturated rings. The highest BCUT2D eigenvalue weighted by molar-refractivity contribution is 5.98. The van der Waals surface area contributed by atoms with E-state index in [4.69, 9.17) is 23.9 Å². The van der Waals surface area contributed by atoms with Gasteiger partial charge < -0.3 is 70.7 Å². The molecular formula is C85H106N10O15. The zero-order valence-electron chi connectivity index (χ0n) is 64.5. The van der Waals surface area contributed by atoms with Crippen LogP contribution in [0.4, 0.5) is 9.59 Å². The second-order valence-electron chi connectivity index (χ2n) is 30.0. The Balaban J connectivity index is 1.11. The molecule has 8 rings (SSSR count). The van der Waals surface area contributed by atoms with Gasteiger partial charge in [0.05, 0.1) is 12.0 Å². The van der Waals surface area contributed by atoms with Crippen LogP contribution in [0, 0.1) is 11.8 Å². The maximum absolute atomic E-state index is 15.8. The summed E-state index contributed by atoms with van der Waals surface area (Å²) in [6.07, 6.45) is 2.28. The van der Waals surface area contributed by atoms with Crippen LogP contribution in [-0.4, -0.2) is 146 Å². The highest BCUT2D eigenvalue weighted by Crippen LogP contribution is 2.41. The zero-order valence-corrected chi connectivity index (χ0v) is 64.5. The second kappa shape index (κ2) is 40.2. The van der Waals surface area contributed by atoms with Crippen LogP contribution >= 0.6 is 0 Å². The van der Waals surface area contributed by atoms with Crippen molar-refractivity contribution < 1.29 is 72.0 Å². The van der Waals surface area contributed by atoms with Crippen molar-refractivity contribution >= 4 is 59.6 Å². The van der Waals surface area contributed by atoms with Gasteiger partial charge in [-0.3, -0.25) is 33.6 Å². The van der Waals surface area contributed by atoms with E-state index < -0.39 is 137 Å². The average Bonchev–Trinajstić information content (AvgIpc) is 1.32. The van der Waals surface area contributed by atoms with Crippen LogP contribution in [0.15, 0.2) is 188 Å². The summed E-state index contributed by atoms with van der Waals surface area (Å²) in [6.45, 7) is 17.9. The Kier molecular flexibility index (Phi) is 30.8. The van der Waals surface area contributed by atoms with Crippen LogP contribution in [0.25, 0.3) is 0 Å². The quantitative estimate of drug-likeness (QED) is 0.00776. The number of likely N-dealkylation sites (tertiary alicyclic amines) is 1. The van der Waals surface area contributed by atoms with Gasteiger partial charge in [-0.15, -0.1) is 0 Å². The fourth-order valence-electron chi connectivity index (χ4n) is 13.1. The molecule has 1 aliphatic heterocycles. The number of carboxylic acid groups (broad SMARTS) is 1. The van der Waals surface area contributed by atoms with E-state index in [-0.39, 0.29) is 58.4 Å². The SMILES string of the molecule is CC[C@H](C)[C@H](NC(=O)[C@H](Cc1ccc(OC(C)(C)C)cc1)NC(=O)[C@@H](NC(=O)[C@H](CCCCNC(=O)OC(C)(C)C)NC(=O)OCc1ccccc1)C(C)C)C(=O)N[C@@H](Cc1cn(C(c2ccccc2)(c2ccccc2)c2ccccc2)cn1)C(=O)N1CCC[C@H]1C(=O)N[C@@H](CCC(=O)O)C(=O)OCc1ccccc1. The fraction of sp³-hybridized carbons (Fsp3) is 0.424. The molecule has 8 amide bonds. The van der Waals surface area contributed by atoms with Crippen LogP contribution in [0.5, 0.6) is 5.75 Å². The van der Waals surface area contributed by atoms with Gasteiger partial charge in [-0.2, -0.15) is 0 Å². The standard InChI is InChI=1S/C85H106N10O15/c1-11-57(4)73(93-75(99)68(50-58-42-44-65(45-43-58)109-83(5,6)7)89-77(101)72(56(2)3)92-74(98)66(40-27-28-48-86-81(105)110-84(8,9)10)91-82(106)108-54-60-32-19-13-20-33-60)78(102)90-69(79(103)95-49-29-41-70(95)76(100)88-67(46-47-71(96)97)80(104)107-53-59-30-17-12-18-31-59)51-64-52-94(55-87-64)85(61-34-21-14-22-35-61,62-36-23-15-24-37-62)63-38-25-16-26-39-63/h12-26,30-39,42-45,52,55-57,66-70,72-73H,11,27-29,40-41,46-51,53-54H2,1-10H3,(H,86,105)(H,88,100)(H,89,101)(H,90,102)(H,91,106)(H,92,98)(H,93,99)(H,96,97)/t57-,66-,67-,68-,69-,70-,72-,73-/m0/s1. The predicted molar refractivity (Wildman–Crippen MR) is 414 cm³/mol. The summed E-state index contributed by atoms with van der Waals surface area (Å²) >= 11 is 0. The minimum absolute atomic E-state index is 0.0384. The van der Waals surface area contributed by atoms with Crippen LogP contribution < -0.4 is 42.0 Å². The molecule has 7 aromatic rings. The molecule has 1 saturated heterocycles. The van der Waals surface area contributed by atoms with Crippen molar-refractivity contribution in [2.45, 2.75) is 206 Å². The molecule has 2 heterocycles. The van der Waals surface area contributed by atoms with Crippen molar-refractivity contribution in [1.29, 1.82) is 0 Å². The number of hydrogen-bond acceptors (Lipinski definition) is 15. The number of carbonyl (C=O) groups excluding carboxylic acids is 9. The Labute approximate surface area is 644 Å². The van der Waals surface area contributed by atoms with E-state index in [0.29, 0.717) is 53.8 Å². The first-order valence-corrected chi connectivity index (χ1v) is 37.7. The highest BCUT2D eigenvalue weighted by atomic mass is 16.6. The molecular weight excluding hydrogens is 1400 g/mol. The number of nitrogens with zero attached hydrogens (tertiary/aromatic N) is 3. The first-order chi connectivity index (χ1) is 52.5. The average molecular weight is 1510 g/mol. The number of carboxylic acids is 1. The van der Waals surface area contributed by atoms with Crippen LogP contribution in [0.1, 0.15) is 160 Å². The molecule has 8 atom stereocenters. The topological polar surface area (TPSA) is 333 Å². The number of hydrogen-bond donors (Lipinski definition) is 8. The predicted octanol–water partition coefficient (Wildman–Crippen LogP) is 10.4. The van der Waals surface area contributed by atoms with Crippen molar-refractivity contribution in [2.24, 2.45) is 11.8 Å². The Hall–Kier alpha value is -11.4. The van der Waals surface area contributed by atoms with Gasteiger partial charge in [0.25, 0.3) is 0 Å². The number of unbranched alkanes of at least 4 members (excludes halogenated alkanes) is 1. The molecule has 25 heteroatoms. The summed E-state index contributed by atoms with van der Waals surface area (Å²) in [5.41, 5.74) is 2.59. The van der Waals surface area contributed by atoms with E-state index in [2.05, 4.69) is 37.2 Å². The number of imidazole rings is 1. The van der Waals surface area contributed by atoms with E-state index in [0.717, 1.165) is 16.7 Å². The Morgan fingerprint density at radius 3 is 1.60 bits per heavy atom. The summed E-state index contributed by atoms with van der Waals surface area (Å²) < 4.78 is 24.6. The molecule has 586 valence electrons. The molecule has 6 aromatic carbocycles. The molecule has 0 spiro atoms. The van der Waals surface area contributed by atoms with Crippen molar-refractivity contribution in [3.8, 4) is 5.75 Å². The molecule has 25 nitrogen and oxygen atoms in total. The third-order valence-corrected chi connectivity index (χ3v) is 18.8. The smallest absolute Gasteiger partial charge is 0.408 e. The summed E-state index contributed by atoms with van der Waals surface area (Å²) in [6, 6.07) is 44.8. The van der Waals surface area contributed by atoms with Gasteiger partial charge in [0.15, 0.2) is 0 Å². The minimum Gasteiger partial charge on any atom is -0.488 e. The van der Waals surface area contributed by atoms with Crippen LogP contribution in [-0.2, 0) is 84.2 Å². The Bertz CT molecular complexity index is 4080. The van der Waals surface area contributed by atoms with E-state index in [9.17, 15) is 33.9 Å². The summed E-state index contributed by atoms with van der Waals surface area (Å²) in [4.78, 5) is 149. The molecule has 0 bridgehead atoms. The van der Waals surface area contributed by atoms with E-state index in [1.54, 1.807) is 127 Å². The summed E-state index contributed by atoms with van der Waals surface area (Å²) in [5.74, 6) is -7.38. The first kappa shape index (κ1) is 84.3. The van der Waals surface area contributed by atoms with E-state index >= 15 is 19.2 Å². The number of ether oxygens (including phenoxy) is 4. The Morgan fingerprint density at radius 1 is 0.536 bits per heavy atom. The summed E-state index contributed by atoms with van der Waals surface area (Å²) in [5, 5.41) is 29.5. The normalized spacial score (nSPS) is 14.9. The van der Waals surface area contributed by atoms with Gasteiger partial charge >= 0.3 is 24.1 Å². The van der Waals surface area contributed by atoms with E-state index in [1.165, 1.54) is 4.90 Å². The molecule has 0 unspecified atom stereocenters. The van der Waals surface area contributed by atoms with Crippen LogP contribution in [0.3, 0.4) is 0 Å². The van der Waals surface area contributed by atoms with Crippen LogP contribution in [0.2, 0.25) is 0 Å². The van der Waals surface area contributed by atoms with Gasteiger partial charge in [-0.05, 0) is 137 Å². The number of alkyl carbamates (subject to hydrolysis) is 2. The maximum atomic E-state index is 15.8. The van der Waals surface area contributed by atoms with Crippen molar-refractivity contribution in [1.82, 2.24) is 51.7 Å². The lowest BCUT2D eigenvalue weighted by molar-refractivity contribution is -0.150. The van der Waals surface area contributed by atoms with Gasteiger partial charge in [-0.1, -0.05) is 198 Å². The van der Waals surface area contributed by atoms with E-state index in [1.807, 2.05) is 136 Å². The molecule has 1 aromatic heterocycles. The number of aliphatic carboxylic acids is 1. The molecule has 0 radical (unpaired) electrons. The van der Waals surface area contributed by atoms with Crippen molar-refractivity contribution in [2.75, 3.05) is 13.1 Å². The number of aromatic nitrogens is 2.